The van der Waals surface area contributed by atoms with Crippen LogP contribution in [0, 0.1) is 0 Å². The fourth-order valence-corrected chi connectivity index (χ4v) is 5.48. The quantitative estimate of drug-likeness (QED) is 0.715. The van der Waals surface area contributed by atoms with Gasteiger partial charge in [-0.1, -0.05) is 12.8 Å². The van der Waals surface area contributed by atoms with E-state index in [2.05, 4.69) is 19.8 Å². The third-order valence-electron chi connectivity index (χ3n) is 6.43. The van der Waals surface area contributed by atoms with E-state index in [1.54, 1.807) is 4.68 Å². The van der Waals surface area contributed by atoms with Gasteiger partial charge in [-0.05, 0) is 37.2 Å². The molecule has 7 heteroatoms. The number of piperazine rings is 1. The van der Waals surface area contributed by atoms with Crippen LogP contribution in [-0.2, 0) is 18.7 Å². The Balaban J connectivity index is 1.19. The van der Waals surface area contributed by atoms with Crippen LogP contribution in [0.3, 0.4) is 0 Å². The highest BCUT2D eigenvalue weighted by Crippen LogP contribution is 2.21. The fourth-order valence-electron chi connectivity index (χ4n) is 4.53. The maximum atomic E-state index is 12.3. The van der Waals surface area contributed by atoms with E-state index in [1.165, 1.54) is 51.9 Å². The van der Waals surface area contributed by atoms with Gasteiger partial charge in [0, 0.05) is 64.1 Å². The third kappa shape index (κ3) is 5.59. The predicted octanol–water partition coefficient (Wildman–Crippen LogP) is 1.53. The molecule has 0 aromatic carbocycles. The first kappa shape index (κ1) is 20.4. The van der Waals surface area contributed by atoms with Crippen molar-refractivity contribution in [1.29, 1.82) is 0 Å². The van der Waals surface area contributed by atoms with E-state index in [0.717, 1.165) is 61.9 Å². The lowest BCUT2D eigenvalue weighted by Crippen LogP contribution is -2.49. The summed E-state index contributed by atoms with van der Waals surface area (Å²) in [5, 5.41) is 4.65. The fraction of sp³-hybridized carbons (Fsp3) is 0.810. The minimum absolute atomic E-state index is 0.0670. The first-order chi connectivity index (χ1) is 13.8. The molecule has 28 heavy (non-hydrogen) atoms. The zero-order valence-corrected chi connectivity index (χ0v) is 18.0. The van der Waals surface area contributed by atoms with Gasteiger partial charge in [-0.2, -0.15) is 16.9 Å². The Labute approximate surface area is 173 Å². The topological polar surface area (TPSA) is 44.6 Å². The summed E-state index contributed by atoms with van der Waals surface area (Å²) >= 11 is 1.90. The van der Waals surface area contributed by atoms with Gasteiger partial charge in [0.15, 0.2) is 0 Å². The van der Waals surface area contributed by atoms with Crippen molar-refractivity contribution in [2.75, 3.05) is 64.7 Å². The second kappa shape index (κ2) is 10.2. The summed E-state index contributed by atoms with van der Waals surface area (Å²) in [4.78, 5) is 20.1. The van der Waals surface area contributed by atoms with Crippen molar-refractivity contribution in [3.63, 3.8) is 0 Å². The van der Waals surface area contributed by atoms with Crippen LogP contribution in [0.25, 0.3) is 0 Å². The number of hydrogen-bond acceptors (Lipinski definition) is 6. The van der Waals surface area contributed by atoms with Crippen molar-refractivity contribution in [1.82, 2.24) is 24.5 Å². The molecule has 2 fully saturated rings. The molecule has 4 rings (SSSR count). The Morgan fingerprint density at radius 1 is 0.821 bits per heavy atom. The molecular weight excluding hydrogens is 370 g/mol. The number of aromatic nitrogens is 2. The van der Waals surface area contributed by atoms with Crippen LogP contribution >= 0.6 is 11.8 Å². The molecule has 0 spiro atoms. The Bertz CT molecular complexity index is 678. The molecule has 2 saturated heterocycles. The van der Waals surface area contributed by atoms with Gasteiger partial charge in [-0.15, -0.1) is 0 Å². The van der Waals surface area contributed by atoms with Crippen LogP contribution < -0.4 is 5.56 Å². The Kier molecular flexibility index (Phi) is 7.45. The average Bonchev–Trinajstić information content (AvgIpc) is 3.00. The van der Waals surface area contributed by atoms with Crippen LogP contribution in [-0.4, -0.2) is 89.1 Å². The van der Waals surface area contributed by atoms with Crippen LogP contribution in [0.5, 0.6) is 0 Å². The third-order valence-corrected chi connectivity index (χ3v) is 7.44. The second-order valence-corrected chi connectivity index (χ2v) is 9.52. The van der Waals surface area contributed by atoms with Gasteiger partial charge in [0.25, 0.3) is 5.56 Å². The molecule has 0 aliphatic carbocycles. The summed E-state index contributed by atoms with van der Waals surface area (Å²) in [6, 6.07) is 1.81. The van der Waals surface area contributed by atoms with Crippen LogP contribution in [0.2, 0.25) is 0 Å². The molecule has 0 bridgehead atoms. The Morgan fingerprint density at radius 2 is 1.43 bits per heavy atom. The molecule has 3 aliphatic heterocycles. The van der Waals surface area contributed by atoms with Gasteiger partial charge >= 0.3 is 0 Å². The normalized spacial score (nSPS) is 22.7. The molecule has 0 radical (unpaired) electrons. The minimum Gasteiger partial charge on any atom is -0.302 e. The van der Waals surface area contributed by atoms with Crippen molar-refractivity contribution < 1.29 is 0 Å². The van der Waals surface area contributed by atoms with Crippen molar-refractivity contribution in [2.24, 2.45) is 0 Å². The number of fused-ring (bicyclic) bond motifs is 1. The van der Waals surface area contributed by atoms with E-state index < -0.39 is 0 Å². The summed E-state index contributed by atoms with van der Waals surface area (Å²) in [6.45, 7) is 11.2. The molecule has 4 heterocycles. The monoisotopic (exact) mass is 405 g/mol. The van der Waals surface area contributed by atoms with Crippen LogP contribution in [0.15, 0.2) is 10.9 Å². The van der Waals surface area contributed by atoms with Crippen molar-refractivity contribution in [3.05, 3.63) is 27.7 Å². The van der Waals surface area contributed by atoms with Gasteiger partial charge in [-0.25, -0.2) is 4.68 Å². The highest BCUT2D eigenvalue weighted by molar-refractivity contribution is 7.98. The Hall–Kier alpha value is -0.890. The van der Waals surface area contributed by atoms with E-state index >= 15 is 0 Å². The van der Waals surface area contributed by atoms with E-state index in [-0.39, 0.29) is 5.56 Å². The molecule has 0 N–H and O–H groups in total. The summed E-state index contributed by atoms with van der Waals surface area (Å²) in [5.74, 6) is 2.06. The number of likely N-dealkylation sites (tertiary alicyclic amines) is 1. The lowest BCUT2D eigenvalue weighted by molar-refractivity contribution is 0.115. The zero-order valence-electron chi connectivity index (χ0n) is 17.2. The lowest BCUT2D eigenvalue weighted by Gasteiger charge is -2.35. The van der Waals surface area contributed by atoms with E-state index in [0.29, 0.717) is 6.54 Å². The van der Waals surface area contributed by atoms with Gasteiger partial charge < -0.3 is 4.90 Å². The van der Waals surface area contributed by atoms with Gasteiger partial charge in [0.05, 0.1) is 12.2 Å². The smallest absolute Gasteiger partial charge is 0.267 e. The molecule has 0 saturated carbocycles. The highest BCUT2D eigenvalue weighted by Gasteiger charge is 2.19. The summed E-state index contributed by atoms with van der Waals surface area (Å²) in [7, 11) is 0. The molecule has 156 valence electrons. The van der Waals surface area contributed by atoms with E-state index in [9.17, 15) is 4.79 Å². The largest absolute Gasteiger partial charge is 0.302 e. The molecule has 0 amide bonds. The second-order valence-electron chi connectivity index (χ2n) is 8.42. The number of thioether (sulfide) groups is 1. The highest BCUT2D eigenvalue weighted by atomic mass is 32.2. The van der Waals surface area contributed by atoms with E-state index in [4.69, 9.17) is 0 Å². The van der Waals surface area contributed by atoms with Gasteiger partial charge in [0.1, 0.15) is 0 Å². The Morgan fingerprint density at radius 3 is 2.11 bits per heavy atom. The number of rotatable bonds is 6. The first-order valence-corrected chi connectivity index (χ1v) is 12.3. The van der Waals surface area contributed by atoms with Crippen molar-refractivity contribution in [3.8, 4) is 0 Å². The number of hydrogen-bond donors (Lipinski definition) is 0. The van der Waals surface area contributed by atoms with Crippen molar-refractivity contribution >= 4 is 11.8 Å². The molecule has 0 atom stereocenters. The molecule has 6 nitrogen and oxygen atoms in total. The average molecular weight is 406 g/mol. The maximum absolute atomic E-state index is 12.3. The molecule has 1 aromatic heterocycles. The van der Waals surface area contributed by atoms with Gasteiger partial charge in [-0.3, -0.25) is 14.6 Å². The molecule has 3 aliphatic rings. The minimum atomic E-state index is 0.0670. The maximum Gasteiger partial charge on any atom is 0.267 e. The molecular formula is C21H35N5OS. The summed E-state index contributed by atoms with van der Waals surface area (Å²) < 4.78 is 1.69. The lowest BCUT2D eigenvalue weighted by atomic mass is 10.2. The number of nitrogens with zero attached hydrogens (tertiary/aromatic N) is 5. The van der Waals surface area contributed by atoms with Crippen molar-refractivity contribution in [2.45, 2.75) is 44.4 Å². The SMILES string of the molecule is O=c1cc2c(nn1CCN1CCN(CCN3CCCCCC3)CC1)CCSC2. The summed E-state index contributed by atoms with van der Waals surface area (Å²) in [6.07, 6.45) is 6.58. The zero-order chi connectivity index (χ0) is 19.2. The van der Waals surface area contributed by atoms with Crippen LogP contribution in [0.1, 0.15) is 36.9 Å². The number of aryl methyl sites for hydroxylation is 1. The molecule has 1 aromatic rings. The first-order valence-electron chi connectivity index (χ1n) is 11.1. The summed E-state index contributed by atoms with van der Waals surface area (Å²) in [5.41, 5.74) is 2.35. The molecule has 0 unspecified atom stereocenters. The predicted molar refractivity (Wildman–Crippen MR) is 116 cm³/mol. The van der Waals surface area contributed by atoms with E-state index in [1.807, 2.05) is 17.8 Å². The van der Waals surface area contributed by atoms with Gasteiger partial charge in [0.2, 0.25) is 0 Å². The van der Waals surface area contributed by atoms with Crippen LogP contribution in [0.4, 0.5) is 0 Å². The standard InChI is InChI=1S/C21H35N5OS/c27-21-17-19-18-28-16-5-20(19)22-26(21)15-14-25-12-10-24(11-13-25)9-8-23-6-3-1-2-4-7-23/h17H,1-16,18H2.